The SMILES string of the molecule is O=C(O)C1CC1C(=O)N1CCOCC1C1CC1. The van der Waals surface area contributed by atoms with E-state index in [9.17, 15) is 9.59 Å². The molecule has 3 aliphatic rings. The highest BCUT2D eigenvalue weighted by atomic mass is 16.5. The van der Waals surface area contributed by atoms with Gasteiger partial charge in [-0.25, -0.2) is 0 Å². The maximum Gasteiger partial charge on any atom is 0.307 e. The fraction of sp³-hybridized carbons (Fsp3) is 0.833. The fourth-order valence-electron chi connectivity index (χ4n) is 2.72. The van der Waals surface area contributed by atoms with Crippen molar-refractivity contribution in [3.8, 4) is 0 Å². The van der Waals surface area contributed by atoms with Gasteiger partial charge >= 0.3 is 5.97 Å². The van der Waals surface area contributed by atoms with E-state index in [0.717, 1.165) is 0 Å². The molecule has 2 aliphatic carbocycles. The van der Waals surface area contributed by atoms with Crippen LogP contribution >= 0.6 is 0 Å². The third kappa shape index (κ3) is 2.04. The van der Waals surface area contributed by atoms with Crippen molar-refractivity contribution in [1.82, 2.24) is 4.90 Å². The standard InChI is InChI=1S/C12H17NO4/c14-11(8-5-9(8)12(15)16)13-3-4-17-6-10(13)7-1-2-7/h7-10H,1-6H2,(H,15,16). The Labute approximate surface area is 99.7 Å². The molecule has 3 unspecified atom stereocenters. The molecule has 94 valence electrons. The van der Waals surface area contributed by atoms with E-state index < -0.39 is 11.9 Å². The molecule has 1 heterocycles. The van der Waals surface area contributed by atoms with Gasteiger partial charge in [-0.15, -0.1) is 0 Å². The van der Waals surface area contributed by atoms with Crippen molar-refractivity contribution >= 4 is 11.9 Å². The van der Waals surface area contributed by atoms with E-state index in [-0.39, 0.29) is 17.9 Å². The molecule has 1 amide bonds. The van der Waals surface area contributed by atoms with Gasteiger partial charge in [0.05, 0.1) is 31.1 Å². The predicted octanol–water partition coefficient (Wildman–Crippen LogP) is 0.345. The number of carbonyl (C=O) groups is 2. The van der Waals surface area contributed by atoms with Crippen LogP contribution < -0.4 is 0 Å². The lowest BCUT2D eigenvalue weighted by molar-refractivity contribution is -0.146. The minimum absolute atomic E-state index is 0.0394. The van der Waals surface area contributed by atoms with Crippen molar-refractivity contribution in [2.24, 2.45) is 17.8 Å². The molecule has 0 aromatic rings. The smallest absolute Gasteiger partial charge is 0.307 e. The van der Waals surface area contributed by atoms with Crippen LogP contribution in [0.2, 0.25) is 0 Å². The van der Waals surface area contributed by atoms with Gasteiger partial charge in [0, 0.05) is 6.54 Å². The van der Waals surface area contributed by atoms with Crippen molar-refractivity contribution in [3.05, 3.63) is 0 Å². The zero-order valence-electron chi connectivity index (χ0n) is 9.67. The van der Waals surface area contributed by atoms with Gasteiger partial charge in [-0.05, 0) is 25.2 Å². The van der Waals surface area contributed by atoms with Gasteiger partial charge in [-0.2, -0.15) is 0 Å². The molecule has 3 fully saturated rings. The molecule has 3 atom stereocenters. The van der Waals surface area contributed by atoms with Crippen LogP contribution in [0.5, 0.6) is 0 Å². The van der Waals surface area contributed by atoms with E-state index in [1.54, 1.807) is 0 Å². The minimum Gasteiger partial charge on any atom is -0.481 e. The van der Waals surface area contributed by atoms with Crippen LogP contribution in [-0.2, 0) is 14.3 Å². The van der Waals surface area contributed by atoms with Crippen LogP contribution in [0.4, 0.5) is 0 Å². The Balaban J connectivity index is 1.65. The average molecular weight is 239 g/mol. The lowest BCUT2D eigenvalue weighted by atomic mass is 10.1. The van der Waals surface area contributed by atoms with Crippen molar-refractivity contribution < 1.29 is 19.4 Å². The molecule has 0 spiro atoms. The first kappa shape index (κ1) is 11.0. The molecule has 3 rings (SSSR count). The highest BCUT2D eigenvalue weighted by molar-refractivity contribution is 5.89. The van der Waals surface area contributed by atoms with Crippen molar-refractivity contribution in [2.45, 2.75) is 25.3 Å². The number of morpholine rings is 1. The Morgan fingerprint density at radius 2 is 2.00 bits per heavy atom. The van der Waals surface area contributed by atoms with E-state index in [4.69, 9.17) is 9.84 Å². The summed E-state index contributed by atoms with van der Waals surface area (Å²) < 4.78 is 5.43. The van der Waals surface area contributed by atoms with Crippen molar-refractivity contribution in [1.29, 1.82) is 0 Å². The van der Waals surface area contributed by atoms with Gasteiger partial charge in [0.25, 0.3) is 0 Å². The highest BCUT2D eigenvalue weighted by Crippen LogP contribution is 2.43. The lowest BCUT2D eigenvalue weighted by Crippen LogP contribution is -2.50. The Kier molecular flexibility index (Phi) is 2.58. The van der Waals surface area contributed by atoms with Crippen LogP contribution in [0.25, 0.3) is 0 Å². The summed E-state index contributed by atoms with van der Waals surface area (Å²) in [7, 11) is 0. The van der Waals surface area contributed by atoms with Gasteiger partial charge in [-0.3, -0.25) is 9.59 Å². The normalized spacial score (nSPS) is 36.7. The monoisotopic (exact) mass is 239 g/mol. The molecule has 2 saturated carbocycles. The lowest BCUT2D eigenvalue weighted by Gasteiger charge is -2.36. The molecular formula is C12H17NO4. The minimum atomic E-state index is -0.834. The summed E-state index contributed by atoms with van der Waals surface area (Å²) in [5.41, 5.74) is 0. The number of hydrogen-bond donors (Lipinski definition) is 1. The Hall–Kier alpha value is -1.10. The summed E-state index contributed by atoms with van der Waals surface area (Å²) in [5, 5.41) is 8.86. The van der Waals surface area contributed by atoms with Crippen LogP contribution in [0.15, 0.2) is 0 Å². The van der Waals surface area contributed by atoms with Crippen LogP contribution in [0.1, 0.15) is 19.3 Å². The summed E-state index contributed by atoms with van der Waals surface area (Å²) in [4.78, 5) is 24.9. The zero-order valence-corrected chi connectivity index (χ0v) is 9.67. The van der Waals surface area contributed by atoms with Crippen LogP contribution in [0.3, 0.4) is 0 Å². The first-order chi connectivity index (χ1) is 8.18. The summed E-state index contributed by atoms with van der Waals surface area (Å²) >= 11 is 0. The number of carboxylic acid groups (broad SMARTS) is 1. The number of amides is 1. The Morgan fingerprint density at radius 3 is 2.59 bits per heavy atom. The molecule has 5 nitrogen and oxygen atoms in total. The van der Waals surface area contributed by atoms with E-state index in [1.807, 2.05) is 4.90 Å². The van der Waals surface area contributed by atoms with Gasteiger partial charge in [0.2, 0.25) is 5.91 Å². The number of carbonyl (C=O) groups excluding carboxylic acids is 1. The molecule has 0 radical (unpaired) electrons. The van der Waals surface area contributed by atoms with Crippen molar-refractivity contribution in [2.75, 3.05) is 19.8 Å². The molecule has 1 aliphatic heterocycles. The topological polar surface area (TPSA) is 66.8 Å². The molecule has 0 aromatic carbocycles. The van der Waals surface area contributed by atoms with Gasteiger partial charge < -0.3 is 14.7 Å². The second-order valence-electron chi connectivity index (χ2n) is 5.30. The second-order valence-corrected chi connectivity index (χ2v) is 5.30. The number of rotatable bonds is 3. The second kappa shape index (κ2) is 3.98. The quantitative estimate of drug-likeness (QED) is 0.771. The largest absolute Gasteiger partial charge is 0.481 e. The first-order valence-electron chi connectivity index (χ1n) is 6.29. The highest BCUT2D eigenvalue weighted by Gasteiger charge is 2.52. The number of aliphatic carboxylic acids is 1. The summed E-state index contributed by atoms with van der Waals surface area (Å²) in [5.74, 6) is -0.921. The number of ether oxygens (including phenoxy) is 1. The summed E-state index contributed by atoms with van der Waals surface area (Å²) in [6, 6.07) is 0.200. The van der Waals surface area contributed by atoms with E-state index in [1.165, 1.54) is 12.8 Å². The maximum atomic E-state index is 12.2. The molecule has 5 heteroatoms. The van der Waals surface area contributed by atoms with Gasteiger partial charge in [0.15, 0.2) is 0 Å². The van der Waals surface area contributed by atoms with E-state index in [2.05, 4.69) is 0 Å². The van der Waals surface area contributed by atoms with Crippen LogP contribution in [0, 0.1) is 17.8 Å². The van der Waals surface area contributed by atoms with Crippen LogP contribution in [-0.4, -0.2) is 47.7 Å². The number of carboxylic acids is 1. The Morgan fingerprint density at radius 1 is 1.24 bits per heavy atom. The molecule has 1 saturated heterocycles. The maximum absolute atomic E-state index is 12.2. The first-order valence-corrected chi connectivity index (χ1v) is 6.29. The number of hydrogen-bond acceptors (Lipinski definition) is 3. The third-order valence-corrected chi connectivity index (χ3v) is 4.04. The zero-order chi connectivity index (χ0) is 12.0. The third-order valence-electron chi connectivity index (χ3n) is 4.04. The predicted molar refractivity (Wildman–Crippen MR) is 58.3 cm³/mol. The fourth-order valence-corrected chi connectivity index (χ4v) is 2.72. The molecule has 0 bridgehead atoms. The number of nitrogens with zero attached hydrogens (tertiary/aromatic N) is 1. The van der Waals surface area contributed by atoms with Gasteiger partial charge in [0.1, 0.15) is 0 Å². The molecular weight excluding hydrogens is 222 g/mol. The summed E-state index contributed by atoms with van der Waals surface area (Å²) in [6.45, 7) is 1.84. The van der Waals surface area contributed by atoms with E-state index in [0.29, 0.717) is 32.1 Å². The summed E-state index contributed by atoms with van der Waals surface area (Å²) in [6.07, 6.45) is 2.86. The average Bonchev–Trinajstić information content (AvgIpc) is 3.17. The molecule has 17 heavy (non-hydrogen) atoms. The molecule has 0 aromatic heterocycles. The molecule has 1 N–H and O–H groups in total. The van der Waals surface area contributed by atoms with Crippen molar-refractivity contribution in [3.63, 3.8) is 0 Å². The van der Waals surface area contributed by atoms with Gasteiger partial charge in [-0.1, -0.05) is 0 Å². The van der Waals surface area contributed by atoms with E-state index >= 15 is 0 Å². The Bertz CT molecular complexity index is 352.